The molecule has 0 bridgehead atoms. The number of para-hydroxylation sites is 1. The molecule has 0 aliphatic rings. The fourth-order valence-corrected chi connectivity index (χ4v) is 2.01. The minimum atomic E-state index is -1.01. The number of rotatable bonds is 2. The molecule has 2 aromatic rings. The second-order valence-corrected chi connectivity index (χ2v) is 4.25. The lowest BCUT2D eigenvalue weighted by Gasteiger charge is -2.02. The SMILES string of the molecule is O=C(O)Cc1cc2cccc(Br)c2[nH]c1=O. The van der Waals surface area contributed by atoms with Crippen molar-refractivity contribution in [3.63, 3.8) is 0 Å². The zero-order chi connectivity index (χ0) is 11.7. The summed E-state index contributed by atoms with van der Waals surface area (Å²) in [4.78, 5) is 24.8. The fourth-order valence-electron chi connectivity index (χ4n) is 1.53. The molecule has 4 nitrogen and oxygen atoms in total. The van der Waals surface area contributed by atoms with Crippen LogP contribution in [0.2, 0.25) is 0 Å². The molecule has 82 valence electrons. The van der Waals surface area contributed by atoms with Crippen LogP contribution in [-0.4, -0.2) is 16.1 Å². The van der Waals surface area contributed by atoms with Crippen LogP contribution in [0.15, 0.2) is 33.5 Å². The minimum Gasteiger partial charge on any atom is -0.481 e. The molecule has 0 atom stereocenters. The number of aromatic nitrogens is 1. The molecule has 2 rings (SSSR count). The summed E-state index contributed by atoms with van der Waals surface area (Å²) in [6.07, 6.45) is -0.266. The summed E-state index contributed by atoms with van der Waals surface area (Å²) in [5, 5.41) is 9.47. The molecule has 0 fully saturated rings. The van der Waals surface area contributed by atoms with Crippen molar-refractivity contribution in [2.75, 3.05) is 0 Å². The monoisotopic (exact) mass is 281 g/mol. The van der Waals surface area contributed by atoms with E-state index in [1.165, 1.54) is 0 Å². The number of carboxylic acids is 1. The topological polar surface area (TPSA) is 70.2 Å². The van der Waals surface area contributed by atoms with Gasteiger partial charge in [0.05, 0.1) is 11.9 Å². The van der Waals surface area contributed by atoms with Gasteiger partial charge >= 0.3 is 5.97 Å². The van der Waals surface area contributed by atoms with Crippen molar-refractivity contribution in [1.82, 2.24) is 4.98 Å². The normalized spacial score (nSPS) is 10.6. The first-order valence-corrected chi connectivity index (χ1v) is 5.39. The molecule has 16 heavy (non-hydrogen) atoms. The molecule has 1 aromatic heterocycles. The summed E-state index contributed by atoms with van der Waals surface area (Å²) in [5.41, 5.74) is 0.585. The van der Waals surface area contributed by atoms with E-state index in [4.69, 9.17) is 5.11 Å². The van der Waals surface area contributed by atoms with Crippen molar-refractivity contribution < 1.29 is 9.90 Å². The third-order valence-corrected chi connectivity index (χ3v) is 2.91. The third-order valence-electron chi connectivity index (χ3n) is 2.25. The van der Waals surface area contributed by atoms with Crippen LogP contribution in [0.1, 0.15) is 5.56 Å². The first-order valence-electron chi connectivity index (χ1n) is 4.60. The maximum atomic E-state index is 11.6. The van der Waals surface area contributed by atoms with Gasteiger partial charge in [0.2, 0.25) is 0 Å². The Kier molecular flexibility index (Phi) is 2.78. The first kappa shape index (κ1) is 10.9. The molecule has 0 amide bonds. The maximum absolute atomic E-state index is 11.6. The van der Waals surface area contributed by atoms with Crippen molar-refractivity contribution in [2.24, 2.45) is 0 Å². The molecular weight excluding hydrogens is 274 g/mol. The molecule has 1 aromatic carbocycles. The van der Waals surface area contributed by atoms with E-state index in [1.54, 1.807) is 6.07 Å². The molecule has 0 saturated heterocycles. The number of halogens is 1. The van der Waals surface area contributed by atoms with Gasteiger partial charge in [-0.1, -0.05) is 12.1 Å². The molecule has 0 radical (unpaired) electrons. The molecule has 0 unspecified atom stereocenters. The Morgan fingerprint density at radius 1 is 1.44 bits per heavy atom. The molecular formula is C11H8BrNO3. The number of benzene rings is 1. The number of hydrogen-bond acceptors (Lipinski definition) is 2. The summed E-state index contributed by atoms with van der Waals surface area (Å²) in [5.74, 6) is -1.01. The van der Waals surface area contributed by atoms with Gasteiger partial charge in [-0.3, -0.25) is 9.59 Å². The van der Waals surface area contributed by atoms with Gasteiger partial charge in [-0.05, 0) is 33.4 Å². The second-order valence-electron chi connectivity index (χ2n) is 3.40. The van der Waals surface area contributed by atoms with Gasteiger partial charge in [-0.2, -0.15) is 0 Å². The number of hydrogen-bond donors (Lipinski definition) is 2. The highest BCUT2D eigenvalue weighted by atomic mass is 79.9. The quantitative estimate of drug-likeness (QED) is 0.884. The van der Waals surface area contributed by atoms with Gasteiger partial charge in [0, 0.05) is 10.0 Å². The van der Waals surface area contributed by atoms with Crippen LogP contribution in [0.5, 0.6) is 0 Å². The van der Waals surface area contributed by atoms with Crippen molar-refractivity contribution in [3.8, 4) is 0 Å². The fraction of sp³-hybridized carbons (Fsp3) is 0.0909. The number of carboxylic acid groups (broad SMARTS) is 1. The predicted molar refractivity (Wildman–Crippen MR) is 63.6 cm³/mol. The smallest absolute Gasteiger partial charge is 0.308 e. The van der Waals surface area contributed by atoms with E-state index in [-0.39, 0.29) is 17.5 Å². The maximum Gasteiger partial charge on any atom is 0.308 e. The van der Waals surface area contributed by atoms with E-state index >= 15 is 0 Å². The van der Waals surface area contributed by atoms with Crippen molar-refractivity contribution in [1.29, 1.82) is 0 Å². The summed E-state index contributed by atoms with van der Waals surface area (Å²) < 4.78 is 0.781. The molecule has 0 aliphatic heterocycles. The highest BCUT2D eigenvalue weighted by molar-refractivity contribution is 9.10. The van der Waals surface area contributed by atoms with Crippen LogP contribution in [0.25, 0.3) is 10.9 Å². The Labute approximate surface area is 99.0 Å². The van der Waals surface area contributed by atoms with Crippen LogP contribution in [0.3, 0.4) is 0 Å². The number of carbonyl (C=O) groups is 1. The second kappa shape index (κ2) is 4.09. The largest absolute Gasteiger partial charge is 0.481 e. The molecule has 1 heterocycles. The standard InChI is InChI=1S/C11H8BrNO3/c12-8-3-1-2-6-4-7(5-9(14)15)11(16)13-10(6)8/h1-4H,5H2,(H,13,16)(H,14,15). The number of aliphatic carboxylic acids is 1. The lowest BCUT2D eigenvalue weighted by molar-refractivity contribution is -0.136. The van der Waals surface area contributed by atoms with E-state index in [1.807, 2.05) is 18.2 Å². The highest BCUT2D eigenvalue weighted by Crippen LogP contribution is 2.20. The molecule has 0 spiro atoms. The van der Waals surface area contributed by atoms with E-state index in [2.05, 4.69) is 20.9 Å². The minimum absolute atomic E-state index is 0.262. The Balaban J connectivity index is 2.68. The average Bonchev–Trinajstić information content (AvgIpc) is 2.20. The molecule has 5 heteroatoms. The number of nitrogens with one attached hydrogen (secondary N) is 1. The van der Waals surface area contributed by atoms with Crippen LogP contribution >= 0.6 is 15.9 Å². The lowest BCUT2D eigenvalue weighted by Crippen LogP contribution is -2.16. The Morgan fingerprint density at radius 2 is 2.19 bits per heavy atom. The average molecular weight is 282 g/mol. The van der Waals surface area contributed by atoms with E-state index in [0.717, 1.165) is 9.86 Å². The van der Waals surface area contributed by atoms with Crippen LogP contribution in [0, 0.1) is 0 Å². The van der Waals surface area contributed by atoms with E-state index < -0.39 is 5.97 Å². The Hall–Kier alpha value is -1.62. The van der Waals surface area contributed by atoms with Gasteiger partial charge in [-0.15, -0.1) is 0 Å². The Bertz CT molecular complexity index is 618. The number of aromatic amines is 1. The van der Waals surface area contributed by atoms with Crippen molar-refractivity contribution in [3.05, 3.63) is 44.7 Å². The van der Waals surface area contributed by atoms with Gasteiger partial charge in [0.15, 0.2) is 0 Å². The Morgan fingerprint density at radius 3 is 2.88 bits per heavy atom. The van der Waals surface area contributed by atoms with Crippen LogP contribution < -0.4 is 5.56 Å². The molecule has 0 aliphatic carbocycles. The van der Waals surface area contributed by atoms with Crippen molar-refractivity contribution >= 4 is 32.8 Å². The van der Waals surface area contributed by atoms with Gasteiger partial charge < -0.3 is 10.1 Å². The highest BCUT2D eigenvalue weighted by Gasteiger charge is 2.08. The van der Waals surface area contributed by atoms with Crippen LogP contribution in [0.4, 0.5) is 0 Å². The summed E-state index contributed by atoms with van der Waals surface area (Å²) in [6.45, 7) is 0. The van der Waals surface area contributed by atoms with Crippen molar-refractivity contribution in [2.45, 2.75) is 6.42 Å². The summed E-state index contributed by atoms with van der Waals surface area (Å²) in [7, 11) is 0. The summed E-state index contributed by atoms with van der Waals surface area (Å²) >= 11 is 3.32. The van der Waals surface area contributed by atoms with Gasteiger partial charge in [0.25, 0.3) is 5.56 Å². The number of fused-ring (bicyclic) bond motifs is 1. The third kappa shape index (κ3) is 1.99. The molecule has 2 N–H and O–H groups in total. The zero-order valence-corrected chi connectivity index (χ0v) is 9.74. The van der Waals surface area contributed by atoms with E-state index in [9.17, 15) is 9.59 Å². The molecule has 0 saturated carbocycles. The van der Waals surface area contributed by atoms with E-state index in [0.29, 0.717) is 5.52 Å². The van der Waals surface area contributed by atoms with Gasteiger partial charge in [-0.25, -0.2) is 0 Å². The number of H-pyrrole nitrogens is 1. The predicted octanol–water partition coefficient (Wildman–Crippen LogP) is 1.92. The lowest BCUT2D eigenvalue weighted by atomic mass is 10.1. The number of pyridine rings is 1. The summed E-state index contributed by atoms with van der Waals surface area (Å²) in [6, 6.07) is 7.07. The van der Waals surface area contributed by atoms with Crippen LogP contribution in [-0.2, 0) is 11.2 Å². The first-order chi connectivity index (χ1) is 7.58. The zero-order valence-electron chi connectivity index (χ0n) is 8.16. The van der Waals surface area contributed by atoms with Gasteiger partial charge in [0.1, 0.15) is 0 Å².